The van der Waals surface area contributed by atoms with Gasteiger partial charge in [-0.05, 0) is 53.8 Å². The summed E-state index contributed by atoms with van der Waals surface area (Å²) in [5, 5.41) is 6.26. The normalized spacial score (nSPS) is 11.2. The highest BCUT2D eigenvalue weighted by Gasteiger charge is 2.13. The predicted octanol–water partition coefficient (Wildman–Crippen LogP) is 4.16. The second kappa shape index (κ2) is 10.1. The molecule has 2 aromatic carbocycles. The molecule has 0 heterocycles. The molecular formula is C23H32N2O3. The molecule has 2 aromatic rings. The molecule has 0 aliphatic carbocycles. The van der Waals surface area contributed by atoms with Crippen molar-refractivity contribution in [2.45, 2.75) is 39.0 Å². The summed E-state index contributed by atoms with van der Waals surface area (Å²) in [5.74, 6) is 1.48. The van der Waals surface area contributed by atoms with E-state index in [2.05, 4.69) is 43.5 Å². The molecule has 152 valence electrons. The minimum Gasteiger partial charge on any atom is -0.493 e. The van der Waals surface area contributed by atoms with E-state index < -0.39 is 0 Å². The third-order valence-corrected chi connectivity index (χ3v) is 4.60. The van der Waals surface area contributed by atoms with Gasteiger partial charge in [0.2, 0.25) is 5.91 Å². The Morgan fingerprint density at radius 2 is 1.61 bits per heavy atom. The zero-order valence-corrected chi connectivity index (χ0v) is 17.6. The van der Waals surface area contributed by atoms with Crippen LogP contribution in [0.1, 0.15) is 38.3 Å². The molecule has 5 nitrogen and oxygen atoms in total. The first-order valence-corrected chi connectivity index (χ1v) is 9.65. The minimum absolute atomic E-state index is 0.0159. The van der Waals surface area contributed by atoms with E-state index in [1.54, 1.807) is 14.2 Å². The van der Waals surface area contributed by atoms with Crippen molar-refractivity contribution in [2.75, 3.05) is 32.6 Å². The van der Waals surface area contributed by atoms with Crippen LogP contribution in [-0.2, 0) is 16.6 Å². The third kappa shape index (κ3) is 6.57. The summed E-state index contributed by atoms with van der Waals surface area (Å²) >= 11 is 0. The molecule has 0 radical (unpaired) electrons. The largest absolute Gasteiger partial charge is 0.493 e. The molecule has 0 atom stereocenters. The summed E-state index contributed by atoms with van der Waals surface area (Å²) in [4.78, 5) is 12.1. The van der Waals surface area contributed by atoms with Gasteiger partial charge in [-0.15, -0.1) is 0 Å². The Bertz CT molecular complexity index is 764. The molecule has 0 fully saturated rings. The molecule has 28 heavy (non-hydrogen) atoms. The Hall–Kier alpha value is -2.53. The highest BCUT2D eigenvalue weighted by atomic mass is 16.5. The Balaban J connectivity index is 1.70. The topological polar surface area (TPSA) is 59.6 Å². The Kier molecular flexibility index (Phi) is 7.88. The molecular weight excluding hydrogens is 352 g/mol. The van der Waals surface area contributed by atoms with E-state index in [0.29, 0.717) is 13.0 Å². The number of hydrogen-bond donors (Lipinski definition) is 2. The fourth-order valence-electron chi connectivity index (χ4n) is 2.87. The average Bonchev–Trinajstić information content (AvgIpc) is 2.67. The van der Waals surface area contributed by atoms with Gasteiger partial charge < -0.3 is 20.1 Å². The van der Waals surface area contributed by atoms with Gasteiger partial charge in [0, 0.05) is 18.7 Å². The lowest BCUT2D eigenvalue weighted by atomic mass is 9.87. The van der Waals surface area contributed by atoms with E-state index in [1.807, 2.05) is 30.3 Å². The Labute approximate surface area is 168 Å². The van der Waals surface area contributed by atoms with Crippen molar-refractivity contribution in [3.63, 3.8) is 0 Å². The summed E-state index contributed by atoms with van der Waals surface area (Å²) in [6.45, 7) is 7.96. The molecule has 2 N–H and O–H groups in total. The number of anilines is 1. The smallest absolute Gasteiger partial charge is 0.225 e. The van der Waals surface area contributed by atoms with E-state index in [4.69, 9.17) is 9.47 Å². The molecule has 5 heteroatoms. The SMILES string of the molecule is COc1ccc(CCNCCC(=O)Nc2ccc(C(C)(C)C)cc2)cc1OC. The predicted molar refractivity (Wildman–Crippen MR) is 115 cm³/mol. The number of rotatable bonds is 9. The van der Waals surface area contributed by atoms with Gasteiger partial charge in [-0.1, -0.05) is 39.0 Å². The standard InChI is InChI=1S/C23H32N2O3/c1-23(2,3)18-7-9-19(10-8-18)25-22(26)13-15-24-14-12-17-6-11-20(27-4)21(16-17)28-5/h6-11,16,24H,12-15H2,1-5H3,(H,25,26). The number of carbonyl (C=O) groups is 1. The second-order valence-corrected chi connectivity index (χ2v) is 7.81. The van der Waals surface area contributed by atoms with E-state index in [1.165, 1.54) is 5.56 Å². The van der Waals surface area contributed by atoms with Crippen molar-refractivity contribution in [2.24, 2.45) is 0 Å². The average molecular weight is 385 g/mol. The van der Waals surface area contributed by atoms with Crippen LogP contribution in [0.3, 0.4) is 0 Å². The minimum atomic E-state index is 0.0159. The molecule has 0 saturated heterocycles. The van der Waals surface area contributed by atoms with Gasteiger partial charge in [-0.3, -0.25) is 4.79 Å². The van der Waals surface area contributed by atoms with Crippen molar-refractivity contribution in [3.8, 4) is 11.5 Å². The van der Waals surface area contributed by atoms with Gasteiger partial charge in [0.25, 0.3) is 0 Å². The van der Waals surface area contributed by atoms with Crippen LogP contribution in [0.5, 0.6) is 11.5 Å². The van der Waals surface area contributed by atoms with Crippen LogP contribution in [0, 0.1) is 0 Å². The first-order valence-electron chi connectivity index (χ1n) is 9.65. The summed E-state index contributed by atoms with van der Waals surface area (Å²) in [5.41, 5.74) is 3.36. The Morgan fingerprint density at radius 3 is 2.21 bits per heavy atom. The first kappa shape index (κ1) is 21.8. The zero-order chi connectivity index (χ0) is 20.6. The van der Waals surface area contributed by atoms with E-state index in [-0.39, 0.29) is 11.3 Å². The molecule has 0 saturated carbocycles. The molecule has 0 aliphatic heterocycles. The quantitative estimate of drug-likeness (QED) is 0.637. The summed E-state index contributed by atoms with van der Waals surface area (Å²) in [7, 11) is 3.26. The lowest BCUT2D eigenvalue weighted by Gasteiger charge is -2.19. The van der Waals surface area contributed by atoms with Crippen LogP contribution < -0.4 is 20.1 Å². The number of methoxy groups -OCH3 is 2. The maximum atomic E-state index is 12.1. The van der Waals surface area contributed by atoms with Gasteiger partial charge in [-0.2, -0.15) is 0 Å². The fourth-order valence-corrected chi connectivity index (χ4v) is 2.87. The number of benzene rings is 2. The highest BCUT2D eigenvalue weighted by molar-refractivity contribution is 5.90. The van der Waals surface area contributed by atoms with E-state index >= 15 is 0 Å². The lowest BCUT2D eigenvalue weighted by molar-refractivity contribution is -0.116. The van der Waals surface area contributed by atoms with Crippen LogP contribution in [0.15, 0.2) is 42.5 Å². The molecule has 0 aliphatic rings. The van der Waals surface area contributed by atoms with Crippen molar-refractivity contribution >= 4 is 11.6 Å². The lowest BCUT2D eigenvalue weighted by Crippen LogP contribution is -2.23. The van der Waals surface area contributed by atoms with E-state index in [0.717, 1.165) is 35.7 Å². The van der Waals surface area contributed by atoms with Gasteiger partial charge in [0.1, 0.15) is 0 Å². The Morgan fingerprint density at radius 1 is 0.929 bits per heavy atom. The number of ether oxygens (including phenoxy) is 2. The highest BCUT2D eigenvalue weighted by Crippen LogP contribution is 2.27. The number of carbonyl (C=O) groups excluding carboxylic acids is 1. The number of nitrogens with one attached hydrogen (secondary N) is 2. The van der Waals surface area contributed by atoms with Gasteiger partial charge in [0.15, 0.2) is 11.5 Å². The maximum absolute atomic E-state index is 12.1. The van der Waals surface area contributed by atoms with Crippen LogP contribution in [0.4, 0.5) is 5.69 Å². The number of amides is 1. The van der Waals surface area contributed by atoms with Crippen molar-refractivity contribution in [1.82, 2.24) is 5.32 Å². The molecule has 0 bridgehead atoms. The van der Waals surface area contributed by atoms with Crippen molar-refractivity contribution in [3.05, 3.63) is 53.6 Å². The molecule has 2 rings (SSSR count). The molecule has 1 amide bonds. The molecule has 0 unspecified atom stereocenters. The van der Waals surface area contributed by atoms with Crippen LogP contribution in [0.25, 0.3) is 0 Å². The van der Waals surface area contributed by atoms with Gasteiger partial charge in [-0.25, -0.2) is 0 Å². The van der Waals surface area contributed by atoms with Crippen molar-refractivity contribution < 1.29 is 14.3 Å². The van der Waals surface area contributed by atoms with Gasteiger partial charge >= 0.3 is 0 Å². The second-order valence-electron chi connectivity index (χ2n) is 7.81. The summed E-state index contributed by atoms with van der Waals surface area (Å²) in [6.07, 6.45) is 1.29. The van der Waals surface area contributed by atoms with Crippen LogP contribution in [0.2, 0.25) is 0 Å². The monoisotopic (exact) mass is 384 g/mol. The zero-order valence-electron chi connectivity index (χ0n) is 17.6. The summed E-state index contributed by atoms with van der Waals surface area (Å²) < 4.78 is 10.6. The third-order valence-electron chi connectivity index (χ3n) is 4.60. The maximum Gasteiger partial charge on any atom is 0.225 e. The van der Waals surface area contributed by atoms with Crippen LogP contribution in [-0.4, -0.2) is 33.2 Å². The van der Waals surface area contributed by atoms with Crippen molar-refractivity contribution in [1.29, 1.82) is 0 Å². The van der Waals surface area contributed by atoms with E-state index in [9.17, 15) is 4.79 Å². The first-order chi connectivity index (χ1) is 13.3. The fraction of sp³-hybridized carbons (Fsp3) is 0.435. The van der Waals surface area contributed by atoms with Gasteiger partial charge in [0.05, 0.1) is 14.2 Å². The van der Waals surface area contributed by atoms with Crippen LogP contribution >= 0.6 is 0 Å². The molecule has 0 spiro atoms. The molecule has 0 aromatic heterocycles. The summed E-state index contributed by atoms with van der Waals surface area (Å²) in [6, 6.07) is 14.0. The number of hydrogen-bond acceptors (Lipinski definition) is 4.